The monoisotopic (exact) mass is 338 g/mol. The van der Waals surface area contributed by atoms with Gasteiger partial charge in [-0.2, -0.15) is 0 Å². The first-order chi connectivity index (χ1) is 11.7. The van der Waals surface area contributed by atoms with Crippen LogP contribution in [-0.4, -0.2) is 9.66 Å². The summed E-state index contributed by atoms with van der Waals surface area (Å²) in [5.41, 5.74) is 9.49. The van der Waals surface area contributed by atoms with E-state index in [0.29, 0.717) is 34.6 Å². The van der Waals surface area contributed by atoms with Gasteiger partial charge in [0.25, 0.3) is 5.56 Å². The zero-order chi connectivity index (χ0) is 16.9. The van der Waals surface area contributed by atoms with Crippen LogP contribution in [-0.2, 0) is 6.42 Å². The van der Waals surface area contributed by atoms with Crippen LogP contribution < -0.4 is 16.7 Å². The van der Waals surface area contributed by atoms with E-state index in [9.17, 15) is 4.79 Å². The molecule has 0 spiro atoms. The fraction of sp³-hybridized carbons (Fsp3) is 0.111. The molecule has 2 aromatic carbocycles. The number of benzene rings is 2. The molecule has 0 atom stereocenters. The summed E-state index contributed by atoms with van der Waals surface area (Å²) in [6.45, 7) is 0. The van der Waals surface area contributed by atoms with Crippen LogP contribution in [0, 0.1) is 12.0 Å². The van der Waals surface area contributed by atoms with Crippen molar-refractivity contribution in [1.29, 1.82) is 0 Å². The van der Waals surface area contributed by atoms with Gasteiger partial charge in [-0.1, -0.05) is 35.7 Å². The topological polar surface area (TPSA) is 72.9 Å². The number of hydrogen-bond acceptors (Lipinski definition) is 4. The Bertz CT molecular complexity index is 987. The second kappa shape index (κ2) is 7.07. The summed E-state index contributed by atoms with van der Waals surface area (Å²) in [6.07, 6.45) is 0.993. The van der Waals surface area contributed by atoms with E-state index >= 15 is 0 Å². The molecular weight excluding hydrogens is 324 g/mol. The minimum atomic E-state index is -0.184. The average molecular weight is 339 g/mol. The molecule has 0 saturated heterocycles. The van der Waals surface area contributed by atoms with Gasteiger partial charge in [-0.15, -0.1) is 0 Å². The highest BCUT2D eigenvalue weighted by Crippen LogP contribution is 2.16. The lowest BCUT2D eigenvalue weighted by molar-refractivity contribution is 0.761. The zero-order valence-corrected chi connectivity index (χ0v) is 13.5. The molecule has 0 bridgehead atoms. The van der Waals surface area contributed by atoms with Gasteiger partial charge in [0, 0.05) is 23.9 Å². The highest BCUT2D eigenvalue weighted by molar-refractivity contribution is 6.31. The molecule has 0 amide bonds. The summed E-state index contributed by atoms with van der Waals surface area (Å²) in [4.78, 5) is 17.4. The van der Waals surface area contributed by atoms with E-state index < -0.39 is 0 Å². The average Bonchev–Trinajstić information content (AvgIpc) is 2.59. The third-order valence-corrected chi connectivity index (χ3v) is 3.73. The van der Waals surface area contributed by atoms with Gasteiger partial charge in [-0.25, -0.2) is 9.66 Å². The van der Waals surface area contributed by atoms with Crippen LogP contribution >= 0.6 is 11.6 Å². The summed E-state index contributed by atoms with van der Waals surface area (Å²) in [5, 5.41) is 1.03. The molecule has 24 heavy (non-hydrogen) atoms. The Kier molecular flexibility index (Phi) is 4.69. The summed E-state index contributed by atoms with van der Waals surface area (Å²) < 4.78 is 1.45. The molecule has 3 rings (SSSR count). The van der Waals surface area contributed by atoms with Crippen LogP contribution in [0.4, 0.5) is 5.69 Å². The van der Waals surface area contributed by atoms with Crippen molar-refractivity contribution in [1.82, 2.24) is 9.66 Å². The normalized spacial score (nSPS) is 10.2. The van der Waals surface area contributed by atoms with Crippen molar-refractivity contribution < 1.29 is 0 Å². The predicted molar refractivity (Wildman–Crippen MR) is 96.8 cm³/mol. The van der Waals surface area contributed by atoms with Crippen LogP contribution in [0.15, 0.2) is 53.3 Å². The molecular formula is C18H15ClN4O. The fourth-order valence-electron chi connectivity index (χ4n) is 2.38. The first-order valence-electron chi connectivity index (χ1n) is 7.41. The number of hydrogen-bond donors (Lipinski definition) is 2. The van der Waals surface area contributed by atoms with Crippen LogP contribution in [0.2, 0.25) is 5.02 Å². The molecule has 3 N–H and O–H groups in total. The molecule has 1 heterocycles. The molecule has 120 valence electrons. The molecule has 3 aromatic rings. The summed E-state index contributed by atoms with van der Waals surface area (Å²) in [7, 11) is 0. The van der Waals surface area contributed by atoms with Crippen molar-refractivity contribution in [3.8, 4) is 12.0 Å². The first-order valence-corrected chi connectivity index (χ1v) is 7.78. The molecule has 0 radical (unpaired) electrons. The van der Waals surface area contributed by atoms with Crippen LogP contribution in [0.1, 0.15) is 12.2 Å². The number of nitrogens with two attached hydrogens (primary N) is 1. The lowest BCUT2D eigenvalue weighted by Crippen LogP contribution is -2.30. The molecule has 6 heteroatoms. The van der Waals surface area contributed by atoms with Crippen molar-refractivity contribution in [2.24, 2.45) is 5.73 Å². The van der Waals surface area contributed by atoms with Crippen molar-refractivity contribution in [2.75, 3.05) is 5.43 Å². The van der Waals surface area contributed by atoms with Gasteiger partial charge in [-0.05, 0) is 30.3 Å². The Labute approximate surface area is 144 Å². The largest absolute Gasteiger partial charge is 0.359 e. The van der Waals surface area contributed by atoms with E-state index in [2.05, 4.69) is 22.4 Å². The van der Waals surface area contributed by atoms with Gasteiger partial charge >= 0.3 is 0 Å². The van der Waals surface area contributed by atoms with Crippen molar-refractivity contribution in [3.63, 3.8) is 0 Å². The lowest BCUT2D eigenvalue weighted by Gasteiger charge is -2.15. The third-order valence-electron chi connectivity index (χ3n) is 3.49. The van der Waals surface area contributed by atoms with Crippen molar-refractivity contribution in [3.05, 3.63) is 69.7 Å². The van der Waals surface area contributed by atoms with Crippen LogP contribution in [0.5, 0.6) is 0 Å². The molecule has 0 saturated carbocycles. The Morgan fingerprint density at radius 2 is 2.00 bits per heavy atom. The van der Waals surface area contributed by atoms with Crippen LogP contribution in [0.3, 0.4) is 0 Å². The molecule has 0 aliphatic carbocycles. The van der Waals surface area contributed by atoms with E-state index in [4.69, 9.17) is 17.3 Å². The van der Waals surface area contributed by atoms with Gasteiger partial charge < -0.3 is 5.73 Å². The minimum Gasteiger partial charge on any atom is -0.359 e. The predicted octanol–water partition coefficient (Wildman–Crippen LogP) is 2.78. The molecule has 0 unspecified atom stereocenters. The minimum absolute atomic E-state index is 0.184. The lowest BCUT2D eigenvalue weighted by atomic mass is 10.2. The summed E-state index contributed by atoms with van der Waals surface area (Å²) in [6, 6.07) is 16.8. The quantitative estimate of drug-likeness (QED) is 0.566. The Hall–Kier alpha value is -2.97. The fourth-order valence-corrected chi connectivity index (χ4v) is 2.54. The van der Waals surface area contributed by atoms with Crippen molar-refractivity contribution in [2.45, 2.75) is 12.8 Å². The number of aryl methyl sites for hydroxylation is 1. The number of fused-ring (bicyclic) bond motifs is 1. The Morgan fingerprint density at radius 1 is 1.21 bits per heavy atom. The second-order valence-electron chi connectivity index (χ2n) is 5.13. The van der Waals surface area contributed by atoms with Crippen molar-refractivity contribution >= 4 is 28.2 Å². The van der Waals surface area contributed by atoms with Gasteiger partial charge in [0.15, 0.2) is 0 Å². The van der Waals surface area contributed by atoms with E-state index in [-0.39, 0.29) is 5.56 Å². The maximum Gasteiger partial charge on any atom is 0.280 e. The Balaban J connectivity index is 2.13. The van der Waals surface area contributed by atoms with E-state index in [1.807, 2.05) is 30.3 Å². The molecule has 0 aliphatic rings. The smallest absolute Gasteiger partial charge is 0.280 e. The van der Waals surface area contributed by atoms with Gasteiger partial charge in [0.2, 0.25) is 0 Å². The van der Waals surface area contributed by atoms with E-state index in [0.717, 1.165) is 5.69 Å². The number of para-hydroxylation sites is 1. The number of nitrogens with one attached hydrogen (secondary N) is 1. The summed E-state index contributed by atoms with van der Waals surface area (Å²) >= 11 is 6.02. The highest BCUT2D eigenvalue weighted by atomic mass is 35.5. The molecule has 0 aliphatic heterocycles. The van der Waals surface area contributed by atoms with E-state index in [1.54, 1.807) is 18.2 Å². The number of anilines is 1. The standard InChI is InChI=1S/C18H15ClN4O/c19-13-9-10-15-16(12-13)21-17(8-4-5-11-20)23(18(15)24)22-14-6-2-1-3-7-14/h1-3,6-7,9-10,12,22H,4,8,20H2. The SMILES string of the molecule is NC#CCCc1nc2cc(Cl)ccc2c(=O)n1Nc1ccccc1. The number of nitrogens with zero attached hydrogens (tertiary/aromatic N) is 2. The van der Waals surface area contributed by atoms with Gasteiger partial charge in [0.1, 0.15) is 5.82 Å². The molecule has 0 fully saturated rings. The van der Waals surface area contributed by atoms with Crippen LogP contribution in [0.25, 0.3) is 10.9 Å². The number of halogens is 1. The van der Waals surface area contributed by atoms with Gasteiger partial charge in [0.05, 0.1) is 16.6 Å². The number of aromatic nitrogens is 2. The second-order valence-corrected chi connectivity index (χ2v) is 5.57. The summed E-state index contributed by atoms with van der Waals surface area (Å²) in [5.74, 6) is 3.36. The maximum absolute atomic E-state index is 12.9. The first kappa shape index (κ1) is 15.9. The molecule has 1 aromatic heterocycles. The third kappa shape index (κ3) is 3.34. The number of rotatable bonds is 4. The van der Waals surface area contributed by atoms with E-state index in [1.165, 1.54) is 4.68 Å². The van der Waals surface area contributed by atoms with Gasteiger partial charge in [-0.3, -0.25) is 10.2 Å². The Morgan fingerprint density at radius 3 is 2.75 bits per heavy atom. The highest BCUT2D eigenvalue weighted by Gasteiger charge is 2.11. The maximum atomic E-state index is 12.9. The molecule has 5 nitrogen and oxygen atoms in total. The zero-order valence-electron chi connectivity index (χ0n) is 12.8.